The monoisotopic (exact) mass is 304 g/mol. The van der Waals surface area contributed by atoms with Gasteiger partial charge in [-0.25, -0.2) is 0 Å². The van der Waals surface area contributed by atoms with E-state index in [0.717, 1.165) is 51.1 Å². The van der Waals surface area contributed by atoms with E-state index in [4.69, 9.17) is 5.73 Å². The van der Waals surface area contributed by atoms with Crippen molar-refractivity contribution in [1.82, 2.24) is 9.88 Å². The van der Waals surface area contributed by atoms with Crippen LogP contribution in [0, 0.1) is 5.92 Å². The SMILES string of the molecule is CC(C)C(=O)Nc1cncc(C2CCN(CCCN)CC2)c1. The van der Waals surface area contributed by atoms with E-state index >= 15 is 0 Å². The topological polar surface area (TPSA) is 71.2 Å². The van der Waals surface area contributed by atoms with Crippen LogP contribution < -0.4 is 11.1 Å². The zero-order chi connectivity index (χ0) is 15.9. The van der Waals surface area contributed by atoms with Gasteiger partial charge in [-0.15, -0.1) is 0 Å². The Balaban J connectivity index is 1.92. The van der Waals surface area contributed by atoms with E-state index < -0.39 is 0 Å². The van der Waals surface area contributed by atoms with Crippen molar-refractivity contribution >= 4 is 11.6 Å². The molecule has 1 aromatic rings. The van der Waals surface area contributed by atoms with Crippen molar-refractivity contribution < 1.29 is 4.79 Å². The fraction of sp³-hybridized carbons (Fsp3) is 0.647. The molecule has 3 N–H and O–H groups in total. The van der Waals surface area contributed by atoms with Gasteiger partial charge in [0.2, 0.25) is 5.91 Å². The van der Waals surface area contributed by atoms with E-state index in [9.17, 15) is 4.79 Å². The van der Waals surface area contributed by atoms with Crippen LogP contribution in [0.2, 0.25) is 0 Å². The second-order valence-electron chi connectivity index (χ2n) is 6.41. The molecule has 5 nitrogen and oxygen atoms in total. The number of nitrogens with zero attached hydrogens (tertiary/aromatic N) is 2. The Kier molecular flexibility index (Phi) is 6.34. The van der Waals surface area contributed by atoms with Gasteiger partial charge in [-0.3, -0.25) is 9.78 Å². The number of carbonyl (C=O) groups is 1. The number of amides is 1. The third-order valence-corrected chi connectivity index (χ3v) is 4.29. The molecule has 0 spiro atoms. The van der Waals surface area contributed by atoms with Crippen molar-refractivity contribution in [2.45, 2.75) is 39.0 Å². The molecule has 0 atom stereocenters. The second-order valence-corrected chi connectivity index (χ2v) is 6.41. The van der Waals surface area contributed by atoms with Gasteiger partial charge in [-0.1, -0.05) is 13.8 Å². The summed E-state index contributed by atoms with van der Waals surface area (Å²) < 4.78 is 0. The minimum absolute atomic E-state index is 0.0190. The molecule has 1 amide bonds. The summed E-state index contributed by atoms with van der Waals surface area (Å²) in [5.41, 5.74) is 7.62. The molecule has 0 radical (unpaired) electrons. The summed E-state index contributed by atoms with van der Waals surface area (Å²) in [5, 5.41) is 2.93. The molecule has 0 saturated carbocycles. The van der Waals surface area contributed by atoms with Gasteiger partial charge in [0.25, 0.3) is 0 Å². The number of hydrogen-bond acceptors (Lipinski definition) is 4. The molecule has 2 rings (SSSR count). The van der Waals surface area contributed by atoms with E-state index in [2.05, 4.69) is 21.3 Å². The lowest BCUT2D eigenvalue weighted by Crippen LogP contribution is -2.34. The van der Waals surface area contributed by atoms with Gasteiger partial charge >= 0.3 is 0 Å². The number of likely N-dealkylation sites (tertiary alicyclic amines) is 1. The Labute approximate surface area is 133 Å². The third kappa shape index (κ3) is 4.78. The molecule has 1 aromatic heterocycles. The van der Waals surface area contributed by atoms with E-state index in [1.807, 2.05) is 20.0 Å². The summed E-state index contributed by atoms with van der Waals surface area (Å²) in [6.45, 7) is 7.89. The van der Waals surface area contributed by atoms with Gasteiger partial charge < -0.3 is 16.0 Å². The Morgan fingerprint density at radius 3 is 2.77 bits per heavy atom. The summed E-state index contributed by atoms with van der Waals surface area (Å²) in [6.07, 6.45) is 7.02. The Morgan fingerprint density at radius 1 is 1.41 bits per heavy atom. The molecule has 22 heavy (non-hydrogen) atoms. The van der Waals surface area contributed by atoms with E-state index in [-0.39, 0.29) is 11.8 Å². The van der Waals surface area contributed by atoms with Crippen LogP contribution in [0.1, 0.15) is 44.6 Å². The van der Waals surface area contributed by atoms with Gasteiger partial charge in [0.05, 0.1) is 11.9 Å². The van der Waals surface area contributed by atoms with Gasteiger partial charge in [0, 0.05) is 12.1 Å². The first-order chi connectivity index (χ1) is 10.6. The third-order valence-electron chi connectivity index (χ3n) is 4.29. The fourth-order valence-electron chi connectivity index (χ4n) is 2.84. The quantitative estimate of drug-likeness (QED) is 0.845. The summed E-state index contributed by atoms with van der Waals surface area (Å²) in [6, 6.07) is 2.08. The number of anilines is 1. The number of nitrogens with one attached hydrogen (secondary N) is 1. The van der Waals surface area contributed by atoms with Crippen LogP contribution in [-0.4, -0.2) is 42.0 Å². The summed E-state index contributed by atoms with van der Waals surface area (Å²) >= 11 is 0. The lowest BCUT2D eigenvalue weighted by Gasteiger charge is -2.32. The van der Waals surface area contributed by atoms with Crippen molar-refractivity contribution in [3.05, 3.63) is 24.0 Å². The van der Waals surface area contributed by atoms with Crippen LogP contribution in [0.15, 0.2) is 18.5 Å². The van der Waals surface area contributed by atoms with Crippen molar-refractivity contribution in [3.63, 3.8) is 0 Å². The first-order valence-corrected chi connectivity index (χ1v) is 8.28. The van der Waals surface area contributed by atoms with E-state index in [1.165, 1.54) is 5.56 Å². The number of pyridine rings is 1. The molecule has 0 bridgehead atoms. The molecule has 1 saturated heterocycles. The Morgan fingerprint density at radius 2 is 2.14 bits per heavy atom. The molecule has 5 heteroatoms. The molecular weight excluding hydrogens is 276 g/mol. The standard InChI is InChI=1S/C17H28N4O/c1-13(2)17(22)20-16-10-15(11-19-12-16)14-4-8-21(9-5-14)7-3-6-18/h10-14H,3-9,18H2,1-2H3,(H,20,22). The average molecular weight is 304 g/mol. The van der Waals surface area contributed by atoms with E-state index in [1.54, 1.807) is 6.20 Å². The number of rotatable bonds is 6. The lowest BCUT2D eigenvalue weighted by molar-refractivity contribution is -0.118. The van der Waals surface area contributed by atoms with Crippen LogP contribution in [0.25, 0.3) is 0 Å². The van der Waals surface area contributed by atoms with Crippen molar-refractivity contribution in [2.24, 2.45) is 11.7 Å². The van der Waals surface area contributed by atoms with Crippen LogP contribution in [0.4, 0.5) is 5.69 Å². The zero-order valence-corrected chi connectivity index (χ0v) is 13.7. The van der Waals surface area contributed by atoms with Crippen LogP contribution in [0.3, 0.4) is 0 Å². The smallest absolute Gasteiger partial charge is 0.226 e. The summed E-state index contributed by atoms with van der Waals surface area (Å²) in [7, 11) is 0. The average Bonchev–Trinajstić information content (AvgIpc) is 2.53. The largest absolute Gasteiger partial charge is 0.330 e. The number of nitrogens with two attached hydrogens (primary N) is 1. The molecule has 122 valence electrons. The molecule has 1 aliphatic rings. The maximum Gasteiger partial charge on any atom is 0.226 e. The molecule has 0 aliphatic carbocycles. The number of aromatic nitrogens is 1. The first kappa shape index (κ1) is 16.9. The van der Waals surface area contributed by atoms with Crippen LogP contribution in [0.5, 0.6) is 0 Å². The highest BCUT2D eigenvalue weighted by Gasteiger charge is 2.21. The lowest BCUT2D eigenvalue weighted by atomic mass is 9.90. The normalized spacial score (nSPS) is 16.9. The maximum atomic E-state index is 11.8. The first-order valence-electron chi connectivity index (χ1n) is 8.28. The Hall–Kier alpha value is -1.46. The zero-order valence-electron chi connectivity index (χ0n) is 13.7. The van der Waals surface area contributed by atoms with Gasteiger partial charge in [-0.05, 0) is 63.0 Å². The van der Waals surface area contributed by atoms with E-state index in [0.29, 0.717) is 5.92 Å². The summed E-state index contributed by atoms with van der Waals surface area (Å²) in [5.74, 6) is 0.558. The molecule has 0 aromatic carbocycles. The van der Waals surface area contributed by atoms with Gasteiger partial charge in [-0.2, -0.15) is 0 Å². The van der Waals surface area contributed by atoms with Crippen LogP contribution >= 0.6 is 0 Å². The highest BCUT2D eigenvalue weighted by Crippen LogP contribution is 2.29. The van der Waals surface area contributed by atoms with Crippen molar-refractivity contribution in [1.29, 1.82) is 0 Å². The van der Waals surface area contributed by atoms with Crippen molar-refractivity contribution in [2.75, 3.05) is 31.5 Å². The van der Waals surface area contributed by atoms with Crippen molar-refractivity contribution in [3.8, 4) is 0 Å². The number of carbonyl (C=O) groups excluding carboxylic acids is 1. The maximum absolute atomic E-state index is 11.8. The second kappa shape index (κ2) is 8.25. The molecule has 1 fully saturated rings. The predicted octanol–water partition coefficient (Wildman–Crippen LogP) is 2.20. The predicted molar refractivity (Wildman–Crippen MR) is 89.8 cm³/mol. The minimum Gasteiger partial charge on any atom is -0.330 e. The Bertz CT molecular complexity index is 481. The van der Waals surface area contributed by atoms with Gasteiger partial charge in [0.1, 0.15) is 0 Å². The molecule has 1 aliphatic heterocycles. The minimum atomic E-state index is -0.0190. The molecule has 2 heterocycles. The molecular formula is C17H28N4O. The number of hydrogen-bond donors (Lipinski definition) is 2. The fourth-order valence-corrected chi connectivity index (χ4v) is 2.84. The number of piperidine rings is 1. The molecule has 0 unspecified atom stereocenters. The van der Waals surface area contributed by atoms with Crippen LogP contribution in [-0.2, 0) is 4.79 Å². The highest BCUT2D eigenvalue weighted by atomic mass is 16.1. The van der Waals surface area contributed by atoms with Gasteiger partial charge in [0.15, 0.2) is 0 Å². The summed E-state index contributed by atoms with van der Waals surface area (Å²) in [4.78, 5) is 18.6. The highest BCUT2D eigenvalue weighted by molar-refractivity contribution is 5.91.